The molecule has 0 saturated carbocycles. The van der Waals surface area contributed by atoms with Gasteiger partial charge in [-0.3, -0.25) is 0 Å². The van der Waals surface area contributed by atoms with Crippen molar-refractivity contribution in [2.45, 2.75) is 33.4 Å². The molecule has 0 bridgehead atoms. The highest BCUT2D eigenvalue weighted by Gasteiger charge is 2.16. The molecule has 17 heavy (non-hydrogen) atoms. The molecule has 0 fully saturated rings. The molecule has 0 spiro atoms. The molecule has 2 rings (SSSR count). The molecular formula is C13H18N2S2. The van der Waals surface area contributed by atoms with E-state index in [4.69, 9.17) is 0 Å². The first kappa shape index (κ1) is 12.7. The quantitative estimate of drug-likeness (QED) is 0.885. The van der Waals surface area contributed by atoms with E-state index in [1.165, 1.54) is 9.88 Å². The molecular weight excluding hydrogens is 248 g/mol. The van der Waals surface area contributed by atoms with Crippen LogP contribution in [0, 0.1) is 12.8 Å². The standard InChI is InChI=1S/C13H18N2S2/c1-9(2)13(11-5-4-6-16-11)14-7-12-15-10(3)8-17-12/h4-6,8-9,13-14H,7H2,1-3H3. The molecule has 0 aromatic carbocycles. The molecule has 92 valence electrons. The van der Waals surface area contributed by atoms with Gasteiger partial charge in [0.1, 0.15) is 5.01 Å². The number of nitrogens with zero attached hydrogens (tertiary/aromatic N) is 1. The second-order valence-electron chi connectivity index (χ2n) is 4.50. The van der Waals surface area contributed by atoms with Crippen molar-refractivity contribution in [3.05, 3.63) is 38.5 Å². The first-order valence-electron chi connectivity index (χ1n) is 5.84. The van der Waals surface area contributed by atoms with Crippen LogP contribution in [0.15, 0.2) is 22.9 Å². The monoisotopic (exact) mass is 266 g/mol. The normalized spacial score (nSPS) is 13.2. The lowest BCUT2D eigenvalue weighted by molar-refractivity contribution is 0.416. The van der Waals surface area contributed by atoms with Crippen LogP contribution < -0.4 is 5.32 Å². The fourth-order valence-electron chi connectivity index (χ4n) is 1.81. The molecule has 1 atom stereocenters. The third-order valence-electron chi connectivity index (χ3n) is 2.66. The summed E-state index contributed by atoms with van der Waals surface area (Å²) in [7, 11) is 0. The topological polar surface area (TPSA) is 24.9 Å². The molecule has 0 aliphatic heterocycles. The average Bonchev–Trinajstić information content (AvgIpc) is 2.90. The third-order valence-corrected chi connectivity index (χ3v) is 4.58. The highest BCUT2D eigenvalue weighted by Crippen LogP contribution is 2.26. The van der Waals surface area contributed by atoms with Crippen LogP contribution in [-0.4, -0.2) is 4.98 Å². The Morgan fingerprint density at radius 2 is 2.18 bits per heavy atom. The van der Waals surface area contributed by atoms with E-state index in [1.54, 1.807) is 11.3 Å². The molecule has 0 saturated heterocycles. The van der Waals surface area contributed by atoms with E-state index in [1.807, 2.05) is 18.3 Å². The maximum Gasteiger partial charge on any atom is 0.107 e. The lowest BCUT2D eigenvalue weighted by Crippen LogP contribution is -2.24. The highest BCUT2D eigenvalue weighted by molar-refractivity contribution is 7.10. The van der Waals surface area contributed by atoms with Crippen molar-refractivity contribution in [3.8, 4) is 0 Å². The number of nitrogens with one attached hydrogen (secondary N) is 1. The number of hydrogen-bond acceptors (Lipinski definition) is 4. The van der Waals surface area contributed by atoms with Gasteiger partial charge in [-0.2, -0.15) is 0 Å². The first-order valence-corrected chi connectivity index (χ1v) is 7.60. The number of rotatable bonds is 5. The highest BCUT2D eigenvalue weighted by atomic mass is 32.1. The Labute approximate surface area is 111 Å². The molecule has 0 radical (unpaired) electrons. The Morgan fingerprint density at radius 1 is 1.35 bits per heavy atom. The van der Waals surface area contributed by atoms with Crippen molar-refractivity contribution >= 4 is 22.7 Å². The van der Waals surface area contributed by atoms with Gasteiger partial charge in [0, 0.05) is 28.5 Å². The van der Waals surface area contributed by atoms with Crippen molar-refractivity contribution in [2.24, 2.45) is 5.92 Å². The smallest absolute Gasteiger partial charge is 0.107 e. The summed E-state index contributed by atoms with van der Waals surface area (Å²) >= 11 is 3.55. The van der Waals surface area contributed by atoms with Gasteiger partial charge in [0.05, 0.1) is 0 Å². The molecule has 1 unspecified atom stereocenters. The molecule has 2 aromatic rings. The van der Waals surface area contributed by atoms with Gasteiger partial charge in [0.15, 0.2) is 0 Å². The summed E-state index contributed by atoms with van der Waals surface area (Å²) in [6.45, 7) is 7.41. The van der Waals surface area contributed by atoms with Crippen molar-refractivity contribution in [1.82, 2.24) is 10.3 Å². The number of hydrogen-bond donors (Lipinski definition) is 1. The Balaban J connectivity index is 1.99. The molecule has 2 heterocycles. The zero-order chi connectivity index (χ0) is 12.3. The van der Waals surface area contributed by atoms with Crippen LogP contribution in [0.4, 0.5) is 0 Å². The lowest BCUT2D eigenvalue weighted by Gasteiger charge is -2.20. The van der Waals surface area contributed by atoms with Gasteiger partial charge in [0.25, 0.3) is 0 Å². The van der Waals surface area contributed by atoms with Crippen molar-refractivity contribution in [2.75, 3.05) is 0 Å². The molecule has 0 aliphatic carbocycles. The second kappa shape index (κ2) is 5.76. The van der Waals surface area contributed by atoms with E-state index in [2.05, 4.69) is 47.0 Å². The largest absolute Gasteiger partial charge is 0.303 e. The van der Waals surface area contributed by atoms with E-state index in [0.717, 1.165) is 12.2 Å². The summed E-state index contributed by atoms with van der Waals surface area (Å²) in [5, 5.41) is 9.02. The average molecular weight is 266 g/mol. The van der Waals surface area contributed by atoms with Gasteiger partial charge >= 0.3 is 0 Å². The molecule has 2 nitrogen and oxygen atoms in total. The fourth-order valence-corrected chi connectivity index (χ4v) is 3.51. The summed E-state index contributed by atoms with van der Waals surface area (Å²) < 4.78 is 0. The predicted octanol–water partition coefficient (Wildman–Crippen LogP) is 4.00. The summed E-state index contributed by atoms with van der Waals surface area (Å²) in [5.41, 5.74) is 1.11. The van der Waals surface area contributed by atoms with Crippen LogP contribution in [0.1, 0.15) is 35.5 Å². The molecule has 0 amide bonds. The molecule has 1 N–H and O–H groups in total. The maximum atomic E-state index is 4.48. The Kier molecular flexibility index (Phi) is 4.31. The van der Waals surface area contributed by atoms with Gasteiger partial charge in [-0.1, -0.05) is 19.9 Å². The van der Waals surface area contributed by atoms with Gasteiger partial charge < -0.3 is 5.32 Å². The minimum Gasteiger partial charge on any atom is -0.303 e. The van der Waals surface area contributed by atoms with Crippen molar-refractivity contribution in [3.63, 3.8) is 0 Å². The summed E-state index contributed by atoms with van der Waals surface area (Å²) in [4.78, 5) is 5.89. The van der Waals surface area contributed by atoms with Gasteiger partial charge in [0.2, 0.25) is 0 Å². The number of thiazole rings is 1. The summed E-state index contributed by atoms with van der Waals surface area (Å²) in [6, 6.07) is 4.75. The van der Waals surface area contributed by atoms with E-state index < -0.39 is 0 Å². The zero-order valence-electron chi connectivity index (χ0n) is 10.4. The van der Waals surface area contributed by atoms with Gasteiger partial charge in [-0.15, -0.1) is 22.7 Å². The van der Waals surface area contributed by atoms with Crippen LogP contribution in [0.25, 0.3) is 0 Å². The van der Waals surface area contributed by atoms with Crippen LogP contribution in [0.5, 0.6) is 0 Å². The van der Waals surface area contributed by atoms with Crippen molar-refractivity contribution < 1.29 is 0 Å². The van der Waals surface area contributed by atoms with Crippen LogP contribution in [-0.2, 0) is 6.54 Å². The van der Waals surface area contributed by atoms with E-state index in [9.17, 15) is 0 Å². The Bertz CT molecular complexity index is 446. The Hall–Kier alpha value is -0.710. The second-order valence-corrected chi connectivity index (χ2v) is 6.42. The fraction of sp³-hybridized carbons (Fsp3) is 0.462. The number of aryl methyl sites for hydroxylation is 1. The van der Waals surface area contributed by atoms with Crippen molar-refractivity contribution in [1.29, 1.82) is 0 Å². The summed E-state index contributed by atoms with van der Waals surface area (Å²) in [5.74, 6) is 0.592. The number of aromatic nitrogens is 1. The molecule has 0 aliphatic rings. The van der Waals surface area contributed by atoms with Crippen LogP contribution in [0.2, 0.25) is 0 Å². The first-order chi connectivity index (χ1) is 8.16. The SMILES string of the molecule is Cc1csc(CNC(c2cccs2)C(C)C)n1. The Morgan fingerprint density at radius 3 is 2.71 bits per heavy atom. The van der Waals surface area contributed by atoms with Crippen LogP contribution in [0.3, 0.4) is 0 Å². The maximum absolute atomic E-state index is 4.48. The number of thiophene rings is 1. The minimum absolute atomic E-state index is 0.430. The minimum atomic E-state index is 0.430. The van der Waals surface area contributed by atoms with E-state index in [-0.39, 0.29) is 0 Å². The van der Waals surface area contributed by atoms with Gasteiger partial charge in [-0.25, -0.2) is 4.98 Å². The molecule has 4 heteroatoms. The van der Waals surface area contributed by atoms with E-state index >= 15 is 0 Å². The van der Waals surface area contributed by atoms with Crippen LogP contribution >= 0.6 is 22.7 Å². The summed E-state index contributed by atoms with van der Waals surface area (Å²) in [6.07, 6.45) is 0. The van der Waals surface area contributed by atoms with Gasteiger partial charge in [-0.05, 0) is 24.3 Å². The zero-order valence-corrected chi connectivity index (χ0v) is 12.1. The third kappa shape index (κ3) is 3.37. The predicted molar refractivity (Wildman–Crippen MR) is 75.6 cm³/mol. The lowest BCUT2D eigenvalue weighted by atomic mass is 10.0. The van der Waals surface area contributed by atoms with E-state index in [0.29, 0.717) is 12.0 Å². The molecule has 2 aromatic heterocycles.